The van der Waals surface area contributed by atoms with Gasteiger partial charge in [0.2, 0.25) is 0 Å². The van der Waals surface area contributed by atoms with Crippen molar-refractivity contribution in [3.8, 4) is 5.75 Å². The Morgan fingerprint density at radius 1 is 1.20 bits per heavy atom. The lowest BCUT2D eigenvalue weighted by Gasteiger charge is -2.12. The van der Waals surface area contributed by atoms with Crippen molar-refractivity contribution >= 4 is 10.9 Å². The first-order valence-corrected chi connectivity index (χ1v) is 5.22. The Labute approximate surface area is 89.9 Å². The van der Waals surface area contributed by atoms with Gasteiger partial charge in [0, 0.05) is 16.6 Å². The van der Waals surface area contributed by atoms with Gasteiger partial charge in [-0.3, -0.25) is 4.98 Å². The molecule has 0 bridgehead atoms. The first-order valence-electron chi connectivity index (χ1n) is 5.22. The minimum absolute atomic E-state index is 0.689. The van der Waals surface area contributed by atoms with Gasteiger partial charge in [-0.1, -0.05) is 12.1 Å². The molecule has 0 spiro atoms. The summed E-state index contributed by atoms with van der Waals surface area (Å²) in [6.45, 7) is 6.77. The fourth-order valence-electron chi connectivity index (χ4n) is 1.72. The second kappa shape index (κ2) is 3.89. The normalized spacial score (nSPS) is 10.6. The van der Waals surface area contributed by atoms with Gasteiger partial charge in [0.05, 0.1) is 12.1 Å². The molecule has 0 aliphatic rings. The Morgan fingerprint density at radius 2 is 1.93 bits per heavy atom. The molecular weight excluding hydrogens is 186 g/mol. The van der Waals surface area contributed by atoms with Crippen LogP contribution in [0, 0.1) is 13.8 Å². The molecule has 78 valence electrons. The molecule has 2 heteroatoms. The molecular formula is C13H15NO. The van der Waals surface area contributed by atoms with E-state index in [9.17, 15) is 0 Å². The van der Waals surface area contributed by atoms with E-state index in [0.717, 1.165) is 27.9 Å². The maximum Gasteiger partial charge on any atom is 0.133 e. The van der Waals surface area contributed by atoms with Crippen LogP contribution in [0.15, 0.2) is 24.3 Å². The summed E-state index contributed by atoms with van der Waals surface area (Å²) >= 11 is 0. The molecule has 2 nitrogen and oxygen atoms in total. The van der Waals surface area contributed by atoms with E-state index < -0.39 is 0 Å². The highest BCUT2D eigenvalue weighted by atomic mass is 16.5. The van der Waals surface area contributed by atoms with Gasteiger partial charge in [-0.05, 0) is 32.9 Å². The number of hydrogen-bond donors (Lipinski definition) is 0. The molecule has 2 rings (SSSR count). The van der Waals surface area contributed by atoms with Crippen molar-refractivity contribution in [3.63, 3.8) is 0 Å². The third kappa shape index (κ3) is 1.67. The van der Waals surface area contributed by atoms with Crippen molar-refractivity contribution in [2.75, 3.05) is 6.61 Å². The molecule has 0 aliphatic heterocycles. The van der Waals surface area contributed by atoms with Crippen LogP contribution in [0.4, 0.5) is 0 Å². The fraction of sp³-hybridized carbons (Fsp3) is 0.308. The van der Waals surface area contributed by atoms with Crippen molar-refractivity contribution in [1.29, 1.82) is 0 Å². The van der Waals surface area contributed by atoms with Gasteiger partial charge in [-0.25, -0.2) is 0 Å². The van der Waals surface area contributed by atoms with Gasteiger partial charge in [-0.15, -0.1) is 0 Å². The van der Waals surface area contributed by atoms with Crippen molar-refractivity contribution in [1.82, 2.24) is 4.98 Å². The van der Waals surface area contributed by atoms with Crippen molar-refractivity contribution in [2.45, 2.75) is 20.8 Å². The van der Waals surface area contributed by atoms with Gasteiger partial charge in [-0.2, -0.15) is 0 Å². The SMILES string of the molecule is CCOc1c(C)c(C)nc2ccccc12. The number of para-hydroxylation sites is 1. The summed E-state index contributed by atoms with van der Waals surface area (Å²) in [4.78, 5) is 4.54. The van der Waals surface area contributed by atoms with Gasteiger partial charge in [0.15, 0.2) is 0 Å². The van der Waals surface area contributed by atoms with Crippen LogP contribution in [0.25, 0.3) is 10.9 Å². The molecule has 0 radical (unpaired) electrons. The molecule has 0 amide bonds. The maximum atomic E-state index is 5.69. The number of hydrogen-bond acceptors (Lipinski definition) is 2. The average Bonchev–Trinajstić information content (AvgIpc) is 2.25. The van der Waals surface area contributed by atoms with Crippen molar-refractivity contribution in [3.05, 3.63) is 35.5 Å². The Kier molecular flexibility index (Phi) is 2.58. The predicted octanol–water partition coefficient (Wildman–Crippen LogP) is 3.25. The number of pyridine rings is 1. The highest BCUT2D eigenvalue weighted by Gasteiger charge is 2.09. The van der Waals surface area contributed by atoms with Crippen LogP contribution in [0.2, 0.25) is 0 Å². The minimum atomic E-state index is 0.689. The van der Waals surface area contributed by atoms with Crippen molar-refractivity contribution < 1.29 is 4.74 Å². The first-order chi connectivity index (χ1) is 7.24. The quantitative estimate of drug-likeness (QED) is 0.744. The lowest BCUT2D eigenvalue weighted by molar-refractivity contribution is 0.341. The summed E-state index contributed by atoms with van der Waals surface area (Å²) in [6, 6.07) is 8.09. The summed E-state index contributed by atoms with van der Waals surface area (Å²) in [7, 11) is 0. The summed E-state index contributed by atoms with van der Waals surface area (Å²) in [5.74, 6) is 0.973. The van der Waals surface area contributed by atoms with Crippen LogP contribution in [0.1, 0.15) is 18.2 Å². The van der Waals surface area contributed by atoms with Gasteiger partial charge >= 0.3 is 0 Å². The highest BCUT2D eigenvalue weighted by molar-refractivity contribution is 5.86. The zero-order valence-corrected chi connectivity index (χ0v) is 9.37. The summed E-state index contributed by atoms with van der Waals surface area (Å²) in [6.07, 6.45) is 0. The van der Waals surface area contributed by atoms with Crippen molar-refractivity contribution in [2.24, 2.45) is 0 Å². The van der Waals surface area contributed by atoms with Gasteiger partial charge in [0.25, 0.3) is 0 Å². The van der Waals surface area contributed by atoms with Crippen LogP contribution < -0.4 is 4.74 Å². The molecule has 0 atom stereocenters. The third-order valence-electron chi connectivity index (χ3n) is 2.61. The lowest BCUT2D eigenvalue weighted by Crippen LogP contribution is -1.99. The van der Waals surface area contributed by atoms with E-state index in [2.05, 4.69) is 18.0 Å². The summed E-state index contributed by atoms with van der Waals surface area (Å²) in [5, 5.41) is 1.10. The first kappa shape index (κ1) is 9.97. The Bertz CT molecular complexity index is 491. The molecule has 0 fully saturated rings. The monoisotopic (exact) mass is 201 g/mol. The number of ether oxygens (including phenoxy) is 1. The molecule has 15 heavy (non-hydrogen) atoms. The van der Waals surface area contributed by atoms with E-state index in [4.69, 9.17) is 4.74 Å². The molecule has 1 aromatic carbocycles. The number of aryl methyl sites for hydroxylation is 1. The number of nitrogens with zero attached hydrogens (tertiary/aromatic N) is 1. The predicted molar refractivity (Wildman–Crippen MR) is 62.4 cm³/mol. The highest BCUT2D eigenvalue weighted by Crippen LogP contribution is 2.29. The van der Waals surface area contributed by atoms with E-state index in [0.29, 0.717) is 6.61 Å². The Hall–Kier alpha value is -1.57. The van der Waals surface area contributed by atoms with Gasteiger partial charge in [0.1, 0.15) is 5.75 Å². The Balaban J connectivity index is 2.77. The Morgan fingerprint density at radius 3 is 2.67 bits per heavy atom. The van der Waals surface area contributed by atoms with Crippen LogP contribution in [-0.2, 0) is 0 Å². The number of benzene rings is 1. The molecule has 0 saturated carbocycles. The van der Waals surface area contributed by atoms with Crippen LogP contribution in [0.5, 0.6) is 5.75 Å². The molecule has 2 aromatic rings. The number of aromatic nitrogens is 1. The van der Waals surface area contributed by atoms with Crippen LogP contribution >= 0.6 is 0 Å². The molecule has 1 aromatic heterocycles. The molecule has 0 saturated heterocycles. The minimum Gasteiger partial charge on any atom is -0.493 e. The zero-order chi connectivity index (χ0) is 10.8. The van der Waals surface area contributed by atoms with E-state index in [1.165, 1.54) is 0 Å². The van der Waals surface area contributed by atoms with E-state index >= 15 is 0 Å². The number of rotatable bonds is 2. The largest absolute Gasteiger partial charge is 0.493 e. The van der Waals surface area contributed by atoms with Crippen LogP contribution in [-0.4, -0.2) is 11.6 Å². The smallest absolute Gasteiger partial charge is 0.133 e. The topological polar surface area (TPSA) is 22.1 Å². The molecule has 0 unspecified atom stereocenters. The fourth-order valence-corrected chi connectivity index (χ4v) is 1.72. The average molecular weight is 201 g/mol. The third-order valence-corrected chi connectivity index (χ3v) is 2.61. The second-order valence-corrected chi connectivity index (χ2v) is 3.60. The molecule has 0 N–H and O–H groups in total. The van der Waals surface area contributed by atoms with Gasteiger partial charge < -0.3 is 4.74 Å². The lowest BCUT2D eigenvalue weighted by atomic mass is 10.1. The van der Waals surface area contributed by atoms with E-state index in [1.807, 2.05) is 32.0 Å². The van der Waals surface area contributed by atoms with Crippen LogP contribution in [0.3, 0.4) is 0 Å². The van der Waals surface area contributed by atoms with E-state index in [1.54, 1.807) is 0 Å². The maximum absolute atomic E-state index is 5.69. The summed E-state index contributed by atoms with van der Waals surface area (Å²) < 4.78 is 5.69. The zero-order valence-electron chi connectivity index (χ0n) is 9.37. The number of fused-ring (bicyclic) bond motifs is 1. The molecule has 0 aliphatic carbocycles. The second-order valence-electron chi connectivity index (χ2n) is 3.60. The summed E-state index contributed by atoms with van der Waals surface area (Å²) in [5.41, 5.74) is 3.18. The molecule has 1 heterocycles. The van der Waals surface area contributed by atoms with E-state index in [-0.39, 0.29) is 0 Å². The standard InChI is InChI=1S/C13H15NO/c1-4-15-13-9(2)10(3)14-12-8-6-5-7-11(12)13/h5-8H,4H2,1-3H3.